The Morgan fingerprint density at radius 2 is 1.22 bits per heavy atom. The molecule has 0 unspecified atom stereocenters. The van der Waals surface area contributed by atoms with Gasteiger partial charge in [0.1, 0.15) is 36.7 Å². The number of fused-ring (bicyclic) bond motifs is 2. The maximum absolute atomic E-state index is 12.9. The molecule has 0 bridgehead atoms. The SMILES string of the molecule is CC1(C)C(/C=C/C2=C(Oc3ccc(S(=O)(=O)O)cc3)C(=C/C=C3/N(CCCCS(=O)(=O)O)c4ccc(S(=O)(=O)O)cc4C3(C)C)/CCC2)=[N+](CCCCCC(=O)NCCOCCOCC(=O)NCCCC[C@H](NC(=O)N[C@@H](CCC(=O)O)C(=O)O)C(=O)O)c2ccc(S(=O)(=O)O)cc21. The molecule has 0 saturated heterocycles. The molecular formula is C64H85N6O24S4+. The van der Waals surface area contributed by atoms with E-state index in [1.807, 2.05) is 56.9 Å². The van der Waals surface area contributed by atoms with E-state index in [0.717, 1.165) is 5.71 Å². The molecule has 2 atom stereocenters. The molecule has 538 valence electrons. The van der Waals surface area contributed by atoms with Gasteiger partial charge in [-0.3, -0.25) is 32.6 Å². The van der Waals surface area contributed by atoms with E-state index in [2.05, 4.69) is 25.8 Å². The minimum Gasteiger partial charge on any atom is -0.481 e. The number of aliphatic carboxylic acids is 3. The highest BCUT2D eigenvalue weighted by Gasteiger charge is 2.45. The Morgan fingerprint density at radius 3 is 1.86 bits per heavy atom. The van der Waals surface area contributed by atoms with Crippen molar-refractivity contribution in [3.63, 3.8) is 0 Å². The van der Waals surface area contributed by atoms with E-state index in [4.69, 9.17) is 19.3 Å². The predicted octanol–water partition coefficient (Wildman–Crippen LogP) is 6.22. The highest BCUT2D eigenvalue weighted by molar-refractivity contribution is 7.86. The number of allylic oxidation sites excluding steroid dienone is 7. The van der Waals surface area contributed by atoms with Crippen molar-refractivity contribution in [3.05, 3.63) is 119 Å². The average Bonchev–Trinajstić information content (AvgIpc) is 1.59. The van der Waals surface area contributed by atoms with E-state index < -0.39 is 112 Å². The van der Waals surface area contributed by atoms with Crippen molar-refractivity contribution in [2.75, 3.05) is 63.3 Å². The molecule has 30 nitrogen and oxygen atoms in total. The van der Waals surface area contributed by atoms with Gasteiger partial charge in [-0.15, -0.1) is 0 Å². The van der Waals surface area contributed by atoms with Crippen molar-refractivity contribution in [1.29, 1.82) is 0 Å². The highest BCUT2D eigenvalue weighted by Crippen LogP contribution is 2.49. The maximum Gasteiger partial charge on any atom is 0.326 e. The fourth-order valence-corrected chi connectivity index (χ4v) is 13.6. The molecule has 34 heteroatoms. The summed E-state index contributed by atoms with van der Waals surface area (Å²) in [7, 11) is -18.0. The summed E-state index contributed by atoms with van der Waals surface area (Å²) < 4.78 is 156. The van der Waals surface area contributed by atoms with E-state index in [1.54, 1.807) is 12.1 Å². The first-order valence-corrected chi connectivity index (χ1v) is 37.4. The standard InChI is InChI=1S/C64H84N6O24S4/c1-63(2)48-39-46(97(86,87)88)23-26-52(48)69(33-9-5-6-16-56(71)66-32-35-92-36-37-93-41-57(72)65-31-8-7-15-50(60(75)76)67-62(79)68-51(61(77)78)25-30-58(73)74)54(63)28-17-42-13-12-14-43(59(42)94-44-19-21-45(22-20-44)96(83,84)85)18-29-55-64(3,4)49-40-47(98(89,90)91)24-27-53(49)70(55)34-10-11-38-95(80,81)82/h17-24,26-29,39-40,50-51H,5-16,25,30-38,41H2,1-4H3,(H10-,65,66,67,68,71,72,73,74,75,76,77,78,79,80,81,82,83,84,85,86,87,88,89,90,91)/p+1/t50-,51-/m0/s1. The summed E-state index contributed by atoms with van der Waals surface area (Å²) in [4.78, 5) is 72.1. The molecular weight excluding hydrogens is 1360 g/mol. The Hall–Kier alpha value is -7.93. The van der Waals surface area contributed by atoms with Crippen LogP contribution in [0.3, 0.4) is 0 Å². The Morgan fingerprint density at radius 1 is 0.612 bits per heavy atom. The molecule has 1 aliphatic carbocycles. The van der Waals surface area contributed by atoms with Gasteiger partial charge in [-0.1, -0.05) is 19.9 Å². The van der Waals surface area contributed by atoms with Crippen molar-refractivity contribution in [2.24, 2.45) is 0 Å². The Bertz CT molecular complexity index is 4090. The molecule has 0 saturated carbocycles. The number of carboxylic acids is 3. The second-order valence-corrected chi connectivity index (χ2v) is 30.4. The number of amides is 4. The summed E-state index contributed by atoms with van der Waals surface area (Å²) >= 11 is 0. The van der Waals surface area contributed by atoms with E-state index >= 15 is 0 Å². The lowest BCUT2D eigenvalue weighted by Gasteiger charge is -2.27. The number of urea groups is 1. The van der Waals surface area contributed by atoms with E-state index in [9.17, 15) is 90.9 Å². The van der Waals surface area contributed by atoms with Gasteiger partial charge in [0.05, 0.1) is 45.7 Å². The van der Waals surface area contributed by atoms with Crippen LogP contribution in [0.5, 0.6) is 5.75 Å². The summed E-state index contributed by atoms with van der Waals surface area (Å²) in [6.45, 7) is 8.66. The summed E-state index contributed by atoms with van der Waals surface area (Å²) in [6, 6.07) is 9.75. The lowest BCUT2D eigenvalue weighted by molar-refractivity contribution is -0.438. The monoisotopic (exact) mass is 1450 g/mol. The molecule has 4 amide bonds. The number of carbonyl (C=O) groups is 6. The zero-order valence-electron chi connectivity index (χ0n) is 54.6. The molecule has 3 aromatic carbocycles. The van der Waals surface area contributed by atoms with Gasteiger partial charge in [0.2, 0.25) is 17.5 Å². The zero-order valence-corrected chi connectivity index (χ0v) is 57.9. The Kier molecular flexibility index (Phi) is 28.0. The highest BCUT2D eigenvalue weighted by atomic mass is 32.2. The number of nitrogens with zero attached hydrogens (tertiary/aromatic N) is 2. The van der Waals surface area contributed by atoms with Crippen molar-refractivity contribution < 1.29 is 115 Å². The third-order valence-corrected chi connectivity index (χ3v) is 20.0. The van der Waals surface area contributed by atoms with Crippen LogP contribution in [0, 0.1) is 0 Å². The summed E-state index contributed by atoms with van der Waals surface area (Å²) in [5.41, 5.74) is 3.54. The number of rotatable bonds is 39. The van der Waals surface area contributed by atoms with Crippen LogP contribution in [0.25, 0.3) is 0 Å². The molecule has 0 spiro atoms. The number of carbonyl (C=O) groups excluding carboxylic acids is 3. The lowest BCUT2D eigenvalue weighted by Crippen LogP contribution is -2.51. The summed E-state index contributed by atoms with van der Waals surface area (Å²) in [5, 5.41) is 37.2. The zero-order chi connectivity index (χ0) is 72.4. The minimum absolute atomic E-state index is 0.0477. The molecule has 3 aromatic rings. The van der Waals surface area contributed by atoms with Crippen molar-refractivity contribution >= 4 is 93.3 Å². The number of carboxylic acid groups (broad SMARTS) is 3. The van der Waals surface area contributed by atoms with Gasteiger partial charge in [-0.2, -0.15) is 38.2 Å². The lowest BCUT2D eigenvalue weighted by atomic mass is 9.81. The third-order valence-electron chi connectivity index (χ3n) is 16.6. The fourth-order valence-electron chi connectivity index (χ4n) is 11.5. The van der Waals surface area contributed by atoms with Gasteiger partial charge in [-0.05, 0) is 168 Å². The molecule has 3 aliphatic rings. The quantitative estimate of drug-likeness (QED) is 0.0171. The molecule has 98 heavy (non-hydrogen) atoms. The van der Waals surface area contributed by atoms with Crippen LogP contribution in [0.1, 0.15) is 129 Å². The van der Waals surface area contributed by atoms with E-state index in [0.29, 0.717) is 103 Å². The molecule has 6 rings (SSSR count). The number of nitrogens with one attached hydrogen (secondary N) is 4. The Labute approximate surface area is 569 Å². The van der Waals surface area contributed by atoms with Crippen LogP contribution in [-0.2, 0) is 84.7 Å². The van der Waals surface area contributed by atoms with Crippen LogP contribution in [0.2, 0.25) is 0 Å². The van der Waals surface area contributed by atoms with Gasteiger partial charge < -0.3 is 55.7 Å². The first-order valence-electron chi connectivity index (χ1n) is 31.5. The number of anilines is 1. The van der Waals surface area contributed by atoms with Crippen LogP contribution >= 0.6 is 0 Å². The number of hydrogen-bond acceptors (Lipinski definition) is 18. The van der Waals surface area contributed by atoms with Gasteiger partial charge >= 0.3 is 23.9 Å². The summed E-state index contributed by atoms with van der Waals surface area (Å²) in [6.07, 6.45) is 11.0. The summed E-state index contributed by atoms with van der Waals surface area (Å²) in [5.74, 6) is -4.65. The molecule has 2 aliphatic heterocycles. The van der Waals surface area contributed by atoms with Gasteiger partial charge in [0, 0.05) is 73.4 Å². The van der Waals surface area contributed by atoms with Crippen molar-refractivity contribution in [3.8, 4) is 5.75 Å². The first kappa shape index (κ1) is 79.1. The average molecular weight is 1450 g/mol. The number of benzene rings is 3. The van der Waals surface area contributed by atoms with Gasteiger partial charge in [0.25, 0.3) is 40.5 Å². The van der Waals surface area contributed by atoms with Crippen molar-refractivity contribution in [2.45, 2.75) is 155 Å². The van der Waals surface area contributed by atoms with E-state index in [1.165, 1.54) is 48.5 Å². The third kappa shape index (κ3) is 23.1. The fraction of sp³-hybridized carbons (Fsp3) is 0.484. The Balaban J connectivity index is 1.08. The second kappa shape index (κ2) is 34.7. The first-order chi connectivity index (χ1) is 45.9. The minimum atomic E-state index is -4.61. The van der Waals surface area contributed by atoms with Gasteiger partial charge in [0.15, 0.2) is 5.71 Å². The number of hydrogen-bond donors (Lipinski definition) is 11. The van der Waals surface area contributed by atoms with Gasteiger partial charge in [-0.25, -0.2) is 14.4 Å². The van der Waals surface area contributed by atoms with Crippen LogP contribution in [-0.4, -0.2) is 184 Å². The smallest absolute Gasteiger partial charge is 0.326 e. The molecule has 11 N–H and O–H groups in total. The largest absolute Gasteiger partial charge is 0.481 e. The van der Waals surface area contributed by atoms with Crippen molar-refractivity contribution in [1.82, 2.24) is 21.3 Å². The molecule has 2 heterocycles. The van der Waals surface area contributed by atoms with E-state index in [-0.39, 0.29) is 98.1 Å². The van der Waals surface area contributed by atoms with Crippen LogP contribution < -0.4 is 30.9 Å². The normalized spacial score (nSPS) is 16.8. The number of ether oxygens (including phenoxy) is 3. The molecule has 0 fully saturated rings. The molecule has 0 radical (unpaired) electrons. The predicted molar refractivity (Wildman–Crippen MR) is 356 cm³/mol. The van der Waals surface area contributed by atoms with Crippen LogP contribution in [0.4, 0.5) is 16.2 Å². The topological polar surface area (TPSA) is 463 Å². The second-order valence-electron chi connectivity index (χ2n) is 24.6. The molecule has 0 aromatic heterocycles. The number of unbranched alkanes of at least 4 members (excludes halogenated alkanes) is 4. The van der Waals surface area contributed by atoms with Crippen LogP contribution in [0.15, 0.2) is 122 Å². The maximum atomic E-state index is 12.9.